The first-order valence-corrected chi connectivity index (χ1v) is 10.8. The fourth-order valence-electron chi connectivity index (χ4n) is 3.97. The van der Waals surface area contributed by atoms with E-state index >= 15 is 0 Å². The van der Waals surface area contributed by atoms with E-state index in [0.717, 1.165) is 12.0 Å². The predicted molar refractivity (Wildman–Crippen MR) is 126 cm³/mol. The number of hydrogen-bond donors (Lipinski definition) is 2. The van der Waals surface area contributed by atoms with Crippen LogP contribution in [0.1, 0.15) is 36.1 Å². The summed E-state index contributed by atoms with van der Waals surface area (Å²) in [6, 6.07) is 19.7. The normalized spacial score (nSPS) is 17.4. The van der Waals surface area contributed by atoms with Crippen molar-refractivity contribution >= 4 is 23.1 Å². The van der Waals surface area contributed by atoms with Gasteiger partial charge < -0.3 is 14.9 Å². The molecule has 0 spiro atoms. The molecule has 0 bridgehead atoms. The number of benzene rings is 3. The summed E-state index contributed by atoms with van der Waals surface area (Å²) in [6.07, 6.45) is 0.829. The number of aliphatic hydroxyl groups is 1. The van der Waals surface area contributed by atoms with Gasteiger partial charge in [0.15, 0.2) is 0 Å². The lowest BCUT2D eigenvalue weighted by molar-refractivity contribution is -0.132. The number of ether oxygens (including phenoxy) is 1. The molecule has 1 amide bonds. The van der Waals surface area contributed by atoms with Gasteiger partial charge in [-0.25, -0.2) is 0 Å². The van der Waals surface area contributed by atoms with Crippen molar-refractivity contribution in [3.05, 3.63) is 95.1 Å². The van der Waals surface area contributed by atoms with E-state index in [-0.39, 0.29) is 22.8 Å². The van der Waals surface area contributed by atoms with Crippen LogP contribution in [0.25, 0.3) is 5.76 Å². The zero-order valence-corrected chi connectivity index (χ0v) is 18.5. The zero-order chi connectivity index (χ0) is 23.5. The number of aryl methyl sites for hydroxylation is 1. The summed E-state index contributed by atoms with van der Waals surface area (Å²) in [5.41, 5.74) is 2.00. The number of amides is 1. The highest BCUT2D eigenvalue weighted by Gasteiger charge is 2.47. The van der Waals surface area contributed by atoms with Gasteiger partial charge in [-0.1, -0.05) is 55.5 Å². The number of aliphatic hydroxyl groups excluding tert-OH is 1. The number of carbonyl (C=O) groups excluding carboxylic acids is 2. The van der Waals surface area contributed by atoms with Crippen LogP contribution in [0.2, 0.25) is 0 Å². The van der Waals surface area contributed by atoms with Crippen molar-refractivity contribution in [1.82, 2.24) is 0 Å². The number of phenols is 1. The highest BCUT2D eigenvalue weighted by atomic mass is 16.5. The maximum absolute atomic E-state index is 13.2. The molecule has 0 aromatic heterocycles. The third-order valence-electron chi connectivity index (χ3n) is 5.53. The molecule has 1 unspecified atom stereocenters. The molecule has 1 saturated heterocycles. The summed E-state index contributed by atoms with van der Waals surface area (Å²) in [5, 5.41) is 21.8. The maximum atomic E-state index is 13.2. The molecule has 1 atom stereocenters. The molecule has 1 heterocycles. The first kappa shape index (κ1) is 22.1. The van der Waals surface area contributed by atoms with Crippen molar-refractivity contribution in [2.75, 3.05) is 11.5 Å². The van der Waals surface area contributed by atoms with E-state index in [4.69, 9.17) is 4.74 Å². The third kappa shape index (κ3) is 4.20. The Bertz CT molecular complexity index is 1230. The third-order valence-corrected chi connectivity index (χ3v) is 5.53. The molecular weight excluding hydrogens is 418 g/mol. The molecule has 0 saturated carbocycles. The second-order valence-corrected chi connectivity index (χ2v) is 7.95. The van der Waals surface area contributed by atoms with Crippen LogP contribution in [0, 0.1) is 6.92 Å². The van der Waals surface area contributed by atoms with Gasteiger partial charge in [0.1, 0.15) is 17.3 Å². The monoisotopic (exact) mass is 443 g/mol. The Morgan fingerprint density at radius 3 is 2.48 bits per heavy atom. The second kappa shape index (κ2) is 9.20. The lowest BCUT2D eigenvalue weighted by Gasteiger charge is -2.26. The summed E-state index contributed by atoms with van der Waals surface area (Å²) in [5.74, 6) is -1.49. The molecule has 33 heavy (non-hydrogen) atoms. The summed E-state index contributed by atoms with van der Waals surface area (Å²) in [6.45, 7) is 4.34. The molecule has 0 radical (unpaired) electrons. The van der Waals surface area contributed by atoms with Crippen molar-refractivity contribution in [2.24, 2.45) is 0 Å². The molecule has 1 aliphatic rings. The summed E-state index contributed by atoms with van der Waals surface area (Å²) in [4.78, 5) is 27.7. The van der Waals surface area contributed by atoms with Crippen LogP contribution in [0.3, 0.4) is 0 Å². The van der Waals surface area contributed by atoms with Gasteiger partial charge in [0.25, 0.3) is 11.7 Å². The summed E-state index contributed by atoms with van der Waals surface area (Å²) in [7, 11) is 0. The SMILES string of the molecule is CCCOc1cccc(/C(O)=C2\C(=O)C(=O)N(c3cc(C)ccc3O)C2c2ccccc2)c1. The van der Waals surface area contributed by atoms with Gasteiger partial charge in [-0.15, -0.1) is 0 Å². The highest BCUT2D eigenvalue weighted by molar-refractivity contribution is 6.51. The lowest BCUT2D eigenvalue weighted by atomic mass is 9.95. The van der Waals surface area contributed by atoms with Crippen molar-refractivity contribution in [3.63, 3.8) is 0 Å². The minimum atomic E-state index is -0.904. The van der Waals surface area contributed by atoms with E-state index in [9.17, 15) is 19.8 Å². The number of Topliss-reactive ketones (excluding diaryl/α,β-unsaturated/α-hetero) is 1. The van der Waals surface area contributed by atoms with Crippen LogP contribution >= 0.6 is 0 Å². The van der Waals surface area contributed by atoms with Crippen molar-refractivity contribution in [2.45, 2.75) is 26.3 Å². The number of nitrogens with zero attached hydrogens (tertiary/aromatic N) is 1. The van der Waals surface area contributed by atoms with Gasteiger partial charge in [0, 0.05) is 5.56 Å². The number of hydrogen-bond acceptors (Lipinski definition) is 5. The van der Waals surface area contributed by atoms with Gasteiger partial charge >= 0.3 is 0 Å². The highest BCUT2D eigenvalue weighted by Crippen LogP contribution is 2.45. The molecular formula is C27H25NO5. The molecule has 0 aliphatic carbocycles. The fraction of sp³-hybridized carbons (Fsp3) is 0.185. The Morgan fingerprint density at radius 2 is 1.76 bits per heavy atom. The average Bonchev–Trinajstić information content (AvgIpc) is 3.10. The number of rotatable bonds is 6. The number of carbonyl (C=O) groups is 2. The Labute approximate surface area is 192 Å². The quantitative estimate of drug-likeness (QED) is 0.314. The van der Waals surface area contributed by atoms with E-state index < -0.39 is 17.7 Å². The minimum Gasteiger partial charge on any atom is -0.507 e. The van der Waals surface area contributed by atoms with Crippen LogP contribution in [0.5, 0.6) is 11.5 Å². The smallest absolute Gasteiger partial charge is 0.300 e. The van der Waals surface area contributed by atoms with Gasteiger partial charge in [-0.05, 0) is 48.7 Å². The van der Waals surface area contributed by atoms with E-state index in [1.54, 1.807) is 60.7 Å². The molecule has 4 rings (SSSR count). The number of aromatic hydroxyl groups is 1. The summed E-state index contributed by atoms with van der Waals surface area (Å²) < 4.78 is 5.66. The van der Waals surface area contributed by atoms with Gasteiger partial charge in [0.05, 0.1) is 23.9 Å². The Kier molecular flexibility index (Phi) is 6.18. The summed E-state index contributed by atoms with van der Waals surface area (Å²) >= 11 is 0. The van der Waals surface area contributed by atoms with Gasteiger partial charge in [-0.3, -0.25) is 14.5 Å². The van der Waals surface area contributed by atoms with Crippen molar-refractivity contribution < 1.29 is 24.5 Å². The van der Waals surface area contributed by atoms with Gasteiger partial charge in [0.2, 0.25) is 0 Å². The second-order valence-electron chi connectivity index (χ2n) is 7.95. The van der Waals surface area contributed by atoms with Crippen molar-refractivity contribution in [3.8, 4) is 11.5 Å². The first-order chi connectivity index (χ1) is 15.9. The first-order valence-electron chi connectivity index (χ1n) is 10.8. The maximum Gasteiger partial charge on any atom is 0.300 e. The Hall–Kier alpha value is -4.06. The number of anilines is 1. The molecule has 1 fully saturated rings. The Balaban J connectivity index is 1.91. The van der Waals surface area contributed by atoms with Crippen LogP contribution in [0.15, 0.2) is 78.4 Å². The average molecular weight is 443 g/mol. The zero-order valence-electron chi connectivity index (χ0n) is 18.5. The number of ketones is 1. The molecule has 6 heteroatoms. The molecule has 168 valence electrons. The van der Waals surface area contributed by atoms with E-state index in [2.05, 4.69) is 0 Å². The van der Waals surface area contributed by atoms with Crippen LogP contribution in [-0.2, 0) is 9.59 Å². The molecule has 2 N–H and O–H groups in total. The van der Waals surface area contributed by atoms with Crippen LogP contribution in [0.4, 0.5) is 5.69 Å². The van der Waals surface area contributed by atoms with E-state index in [0.29, 0.717) is 23.5 Å². The molecule has 3 aromatic carbocycles. The van der Waals surface area contributed by atoms with Gasteiger partial charge in [-0.2, -0.15) is 0 Å². The topological polar surface area (TPSA) is 87.1 Å². The van der Waals surface area contributed by atoms with E-state index in [1.165, 1.54) is 11.0 Å². The van der Waals surface area contributed by atoms with Crippen LogP contribution < -0.4 is 9.64 Å². The Morgan fingerprint density at radius 1 is 1.00 bits per heavy atom. The predicted octanol–water partition coefficient (Wildman–Crippen LogP) is 5.12. The van der Waals surface area contributed by atoms with Crippen LogP contribution in [-0.4, -0.2) is 28.5 Å². The fourth-order valence-corrected chi connectivity index (χ4v) is 3.97. The number of phenolic OH excluding ortho intramolecular Hbond substituents is 1. The molecule has 1 aliphatic heterocycles. The lowest BCUT2D eigenvalue weighted by Crippen LogP contribution is -2.29. The molecule has 3 aromatic rings. The van der Waals surface area contributed by atoms with Crippen molar-refractivity contribution in [1.29, 1.82) is 0 Å². The van der Waals surface area contributed by atoms with E-state index in [1.807, 2.05) is 19.9 Å². The molecule has 6 nitrogen and oxygen atoms in total. The standard InChI is InChI=1S/C27H25NO5/c1-3-14-33-20-11-7-10-19(16-20)25(30)23-24(18-8-5-4-6-9-18)28(27(32)26(23)31)21-15-17(2)12-13-22(21)29/h4-13,15-16,24,29-30H,3,14H2,1-2H3/b25-23+. The minimum absolute atomic E-state index is 0.0419. The largest absolute Gasteiger partial charge is 0.507 e.